The van der Waals surface area contributed by atoms with Crippen molar-refractivity contribution in [2.24, 2.45) is 11.8 Å². The number of nitrogens with zero attached hydrogens (tertiary/aromatic N) is 1. The second kappa shape index (κ2) is 8.66. The molecule has 2 heterocycles. The van der Waals surface area contributed by atoms with Crippen molar-refractivity contribution < 1.29 is 19.3 Å². The summed E-state index contributed by atoms with van der Waals surface area (Å²) >= 11 is 0. The van der Waals surface area contributed by atoms with Crippen LogP contribution in [-0.4, -0.2) is 67.5 Å². The highest BCUT2D eigenvalue weighted by molar-refractivity contribution is 4.90. The van der Waals surface area contributed by atoms with Crippen molar-refractivity contribution in [1.29, 1.82) is 0 Å². The molecule has 2 saturated carbocycles. The summed E-state index contributed by atoms with van der Waals surface area (Å²) in [6.45, 7) is 4.91. The summed E-state index contributed by atoms with van der Waals surface area (Å²) < 4.78 is 17.4. The van der Waals surface area contributed by atoms with Gasteiger partial charge < -0.3 is 24.2 Å². The molecule has 4 rings (SSSR count). The predicted octanol–water partition coefficient (Wildman–Crippen LogP) is 2.56. The molecule has 1 N–H and O–H groups in total. The van der Waals surface area contributed by atoms with Crippen LogP contribution in [0.1, 0.15) is 57.8 Å². The zero-order chi connectivity index (χ0) is 17.1. The van der Waals surface area contributed by atoms with Gasteiger partial charge in [-0.2, -0.15) is 0 Å². The molecule has 0 aromatic rings. The van der Waals surface area contributed by atoms with Crippen LogP contribution in [-0.2, 0) is 14.2 Å². The van der Waals surface area contributed by atoms with Crippen LogP contribution < -0.4 is 0 Å². The summed E-state index contributed by atoms with van der Waals surface area (Å²) in [4.78, 5) is 2.51. The third-order valence-corrected chi connectivity index (χ3v) is 6.98. The van der Waals surface area contributed by atoms with Crippen LogP contribution in [0.3, 0.4) is 0 Å². The molecule has 4 atom stereocenters. The first-order valence-corrected chi connectivity index (χ1v) is 10.5. The summed E-state index contributed by atoms with van der Waals surface area (Å²) in [6.07, 6.45) is 11.0. The molecule has 5 nitrogen and oxygen atoms in total. The SMILES string of the molecule is OC(C1CCC(OCCN2CCCC2)CC1)C1CCC2OCOC2C1. The highest BCUT2D eigenvalue weighted by Gasteiger charge is 2.40. The van der Waals surface area contributed by atoms with Crippen LogP contribution in [0.15, 0.2) is 0 Å². The number of aliphatic hydroxyl groups excluding tert-OH is 1. The van der Waals surface area contributed by atoms with E-state index in [0.29, 0.717) is 24.7 Å². The summed E-state index contributed by atoms with van der Waals surface area (Å²) in [5.74, 6) is 0.836. The van der Waals surface area contributed by atoms with Crippen molar-refractivity contribution in [3.8, 4) is 0 Å². The van der Waals surface area contributed by atoms with E-state index in [4.69, 9.17) is 14.2 Å². The van der Waals surface area contributed by atoms with Gasteiger partial charge in [-0.3, -0.25) is 0 Å². The molecule has 144 valence electrons. The van der Waals surface area contributed by atoms with Gasteiger partial charge in [-0.05, 0) is 82.7 Å². The fourth-order valence-corrected chi connectivity index (χ4v) is 5.36. The van der Waals surface area contributed by atoms with Crippen LogP contribution in [0.5, 0.6) is 0 Å². The number of ether oxygens (including phenoxy) is 3. The van der Waals surface area contributed by atoms with Gasteiger partial charge in [-0.15, -0.1) is 0 Å². The Kier molecular flexibility index (Phi) is 6.30. The summed E-state index contributed by atoms with van der Waals surface area (Å²) in [5, 5.41) is 10.9. The molecule has 0 bridgehead atoms. The summed E-state index contributed by atoms with van der Waals surface area (Å²) in [7, 11) is 0. The zero-order valence-corrected chi connectivity index (χ0v) is 15.5. The van der Waals surface area contributed by atoms with E-state index in [2.05, 4.69) is 4.90 Å². The highest BCUT2D eigenvalue weighted by Crippen LogP contribution is 2.39. The van der Waals surface area contributed by atoms with E-state index in [9.17, 15) is 5.11 Å². The maximum absolute atomic E-state index is 10.9. The van der Waals surface area contributed by atoms with E-state index in [-0.39, 0.29) is 18.3 Å². The lowest BCUT2D eigenvalue weighted by Crippen LogP contribution is -2.40. The smallest absolute Gasteiger partial charge is 0.147 e. The Labute approximate surface area is 152 Å². The van der Waals surface area contributed by atoms with Crippen molar-refractivity contribution in [1.82, 2.24) is 4.90 Å². The largest absolute Gasteiger partial charge is 0.393 e. The van der Waals surface area contributed by atoms with Gasteiger partial charge in [0.25, 0.3) is 0 Å². The summed E-state index contributed by atoms with van der Waals surface area (Å²) in [5.41, 5.74) is 0. The standard InChI is InChI=1S/C20H35NO4/c22-20(16-5-8-18-19(13-16)25-14-24-18)15-3-6-17(7-4-15)23-12-11-21-9-1-2-10-21/h15-20,22H,1-14H2. The Morgan fingerprint density at radius 2 is 1.64 bits per heavy atom. The Morgan fingerprint density at radius 1 is 0.920 bits per heavy atom. The normalized spacial score (nSPS) is 40.9. The minimum Gasteiger partial charge on any atom is -0.393 e. The number of rotatable bonds is 6. The Hall–Kier alpha value is -0.200. The van der Waals surface area contributed by atoms with Crippen LogP contribution >= 0.6 is 0 Å². The van der Waals surface area contributed by atoms with Gasteiger partial charge >= 0.3 is 0 Å². The average molecular weight is 354 g/mol. The molecular weight excluding hydrogens is 318 g/mol. The average Bonchev–Trinajstić information content (AvgIpc) is 3.32. The molecule has 0 aromatic heterocycles. The topological polar surface area (TPSA) is 51.2 Å². The molecule has 0 amide bonds. The fourth-order valence-electron chi connectivity index (χ4n) is 5.36. The van der Waals surface area contributed by atoms with Crippen LogP contribution in [0, 0.1) is 11.8 Å². The van der Waals surface area contributed by atoms with Gasteiger partial charge in [0.2, 0.25) is 0 Å². The monoisotopic (exact) mass is 353 g/mol. The highest BCUT2D eigenvalue weighted by atomic mass is 16.7. The maximum atomic E-state index is 10.9. The molecule has 4 unspecified atom stereocenters. The van der Waals surface area contributed by atoms with Crippen molar-refractivity contribution in [2.75, 3.05) is 33.0 Å². The van der Waals surface area contributed by atoms with Crippen LogP contribution in [0.4, 0.5) is 0 Å². The van der Waals surface area contributed by atoms with Crippen LogP contribution in [0.2, 0.25) is 0 Å². The number of likely N-dealkylation sites (tertiary alicyclic amines) is 1. The van der Waals surface area contributed by atoms with Gasteiger partial charge in [-0.1, -0.05) is 0 Å². The van der Waals surface area contributed by atoms with E-state index in [1.807, 2.05) is 0 Å². The first-order chi connectivity index (χ1) is 12.3. The molecule has 0 spiro atoms. The second-order valence-corrected chi connectivity index (χ2v) is 8.55. The lowest BCUT2D eigenvalue weighted by atomic mass is 9.73. The third-order valence-electron chi connectivity index (χ3n) is 6.98. The predicted molar refractivity (Wildman–Crippen MR) is 95.3 cm³/mol. The van der Waals surface area contributed by atoms with E-state index in [1.165, 1.54) is 25.9 Å². The lowest BCUT2D eigenvalue weighted by Gasteiger charge is -2.38. The minimum atomic E-state index is -0.171. The lowest BCUT2D eigenvalue weighted by molar-refractivity contribution is -0.0435. The molecule has 2 aliphatic heterocycles. The number of hydrogen-bond acceptors (Lipinski definition) is 5. The molecule has 2 saturated heterocycles. The molecule has 0 aromatic carbocycles. The molecule has 4 fully saturated rings. The van der Waals surface area contributed by atoms with Crippen molar-refractivity contribution in [3.05, 3.63) is 0 Å². The van der Waals surface area contributed by atoms with Crippen molar-refractivity contribution >= 4 is 0 Å². The van der Waals surface area contributed by atoms with Gasteiger partial charge in [-0.25, -0.2) is 0 Å². The Balaban J connectivity index is 1.15. The van der Waals surface area contributed by atoms with Crippen LogP contribution in [0.25, 0.3) is 0 Å². The second-order valence-electron chi connectivity index (χ2n) is 8.55. The van der Waals surface area contributed by atoms with Crippen molar-refractivity contribution in [3.63, 3.8) is 0 Å². The zero-order valence-electron chi connectivity index (χ0n) is 15.5. The van der Waals surface area contributed by atoms with Gasteiger partial charge in [0.05, 0.1) is 31.0 Å². The van der Waals surface area contributed by atoms with Gasteiger partial charge in [0.1, 0.15) is 6.79 Å². The van der Waals surface area contributed by atoms with E-state index < -0.39 is 0 Å². The van der Waals surface area contributed by atoms with E-state index >= 15 is 0 Å². The Morgan fingerprint density at radius 3 is 2.44 bits per heavy atom. The first-order valence-electron chi connectivity index (χ1n) is 10.5. The summed E-state index contributed by atoms with van der Waals surface area (Å²) in [6, 6.07) is 0. The number of aliphatic hydroxyl groups is 1. The number of fused-ring (bicyclic) bond motifs is 1. The molecule has 4 aliphatic rings. The van der Waals surface area contributed by atoms with Gasteiger partial charge in [0.15, 0.2) is 0 Å². The molecular formula is C20H35NO4. The minimum absolute atomic E-state index is 0.171. The molecule has 2 aliphatic carbocycles. The fraction of sp³-hybridized carbons (Fsp3) is 1.00. The first kappa shape index (κ1) is 18.2. The van der Waals surface area contributed by atoms with E-state index in [1.54, 1.807) is 0 Å². The molecule has 25 heavy (non-hydrogen) atoms. The molecule has 0 radical (unpaired) electrons. The van der Waals surface area contributed by atoms with Gasteiger partial charge in [0, 0.05) is 6.54 Å². The number of hydrogen-bond donors (Lipinski definition) is 1. The van der Waals surface area contributed by atoms with Crippen molar-refractivity contribution in [2.45, 2.75) is 82.2 Å². The maximum Gasteiger partial charge on any atom is 0.147 e. The van der Waals surface area contributed by atoms with E-state index in [0.717, 1.165) is 58.1 Å². The Bertz CT molecular complexity index is 407. The molecule has 5 heteroatoms. The third kappa shape index (κ3) is 4.56. The quantitative estimate of drug-likeness (QED) is 0.795.